The van der Waals surface area contributed by atoms with Crippen LogP contribution in [0.3, 0.4) is 0 Å². The predicted octanol–water partition coefficient (Wildman–Crippen LogP) is 2.34. The number of fused-ring (bicyclic) bond motifs is 1. The summed E-state index contributed by atoms with van der Waals surface area (Å²) in [5.74, 6) is -0.692. The first-order valence-electron chi connectivity index (χ1n) is 9.85. The van der Waals surface area contributed by atoms with Gasteiger partial charge < -0.3 is 9.73 Å². The molecule has 9 heteroatoms. The first-order valence-corrected chi connectivity index (χ1v) is 11.5. The van der Waals surface area contributed by atoms with Gasteiger partial charge in [-0.2, -0.15) is 0 Å². The summed E-state index contributed by atoms with van der Waals surface area (Å²) in [6.07, 6.45) is 1.44. The van der Waals surface area contributed by atoms with E-state index in [1.165, 1.54) is 8.87 Å². The van der Waals surface area contributed by atoms with Crippen LogP contribution < -0.4 is 15.4 Å². The average Bonchev–Trinajstić information content (AvgIpc) is 3.03. The van der Waals surface area contributed by atoms with Crippen molar-refractivity contribution in [3.05, 3.63) is 64.6 Å². The van der Waals surface area contributed by atoms with E-state index in [-0.39, 0.29) is 24.2 Å². The van der Waals surface area contributed by atoms with E-state index in [2.05, 4.69) is 5.32 Å². The van der Waals surface area contributed by atoms with Gasteiger partial charge in [0, 0.05) is 24.7 Å². The van der Waals surface area contributed by atoms with E-state index in [4.69, 9.17) is 4.42 Å². The smallest absolute Gasteiger partial charge is 0.408 e. The van der Waals surface area contributed by atoms with Crippen molar-refractivity contribution in [2.24, 2.45) is 0 Å². The first kappa shape index (κ1) is 20.2. The minimum Gasteiger partial charge on any atom is -0.408 e. The van der Waals surface area contributed by atoms with E-state index < -0.39 is 15.8 Å². The van der Waals surface area contributed by atoms with E-state index in [0.717, 1.165) is 6.42 Å². The Morgan fingerprint density at radius 2 is 1.97 bits per heavy atom. The van der Waals surface area contributed by atoms with Gasteiger partial charge in [0.15, 0.2) is 5.58 Å². The van der Waals surface area contributed by atoms with Gasteiger partial charge >= 0.3 is 5.76 Å². The standard InChI is InChI=1S/C21H23N3O5S/c1-15(14-23-18-9-2-3-10-19(18)29-21(23)26)22-20(25)16-7-6-8-17(13-16)24-11-4-5-12-30(24,27)28/h2-3,6-10,13,15H,4-5,11-12,14H2,1H3,(H,22,25)/t15-/m0/s1. The molecule has 0 bridgehead atoms. The summed E-state index contributed by atoms with van der Waals surface area (Å²) in [7, 11) is -3.35. The number of rotatable bonds is 5. The topological polar surface area (TPSA) is 102 Å². The monoisotopic (exact) mass is 429 g/mol. The molecule has 1 aliphatic rings. The number of nitrogens with one attached hydrogen (secondary N) is 1. The fraction of sp³-hybridized carbons (Fsp3) is 0.333. The summed E-state index contributed by atoms with van der Waals surface area (Å²) in [6.45, 7) is 2.47. The van der Waals surface area contributed by atoms with E-state index in [0.29, 0.717) is 35.3 Å². The van der Waals surface area contributed by atoms with Gasteiger partial charge in [0.25, 0.3) is 5.91 Å². The second kappa shape index (κ2) is 7.98. The van der Waals surface area contributed by atoms with Gasteiger partial charge in [0.2, 0.25) is 10.0 Å². The molecule has 1 amide bonds. The minimum atomic E-state index is -3.35. The van der Waals surface area contributed by atoms with E-state index in [1.54, 1.807) is 49.4 Å². The van der Waals surface area contributed by atoms with Crippen LogP contribution in [0.2, 0.25) is 0 Å². The average molecular weight is 429 g/mol. The Morgan fingerprint density at radius 1 is 1.17 bits per heavy atom. The van der Waals surface area contributed by atoms with Crippen molar-refractivity contribution in [2.45, 2.75) is 32.4 Å². The molecule has 0 aliphatic carbocycles. The predicted molar refractivity (Wildman–Crippen MR) is 114 cm³/mol. The van der Waals surface area contributed by atoms with Gasteiger partial charge in [-0.25, -0.2) is 13.2 Å². The molecule has 0 unspecified atom stereocenters. The molecule has 1 aliphatic heterocycles. The van der Waals surface area contributed by atoms with Crippen LogP contribution >= 0.6 is 0 Å². The van der Waals surface area contributed by atoms with Crippen LogP contribution in [-0.2, 0) is 16.6 Å². The molecule has 1 atom stereocenters. The van der Waals surface area contributed by atoms with Crippen LogP contribution in [0.15, 0.2) is 57.7 Å². The van der Waals surface area contributed by atoms with Gasteiger partial charge in [0.1, 0.15) is 0 Å². The zero-order chi connectivity index (χ0) is 21.3. The van der Waals surface area contributed by atoms with Crippen molar-refractivity contribution < 1.29 is 17.6 Å². The highest BCUT2D eigenvalue weighted by Gasteiger charge is 2.26. The summed E-state index contributed by atoms with van der Waals surface area (Å²) in [5, 5.41) is 2.87. The summed E-state index contributed by atoms with van der Waals surface area (Å²) in [4.78, 5) is 24.9. The van der Waals surface area contributed by atoms with Crippen LogP contribution in [0.5, 0.6) is 0 Å². The molecule has 0 saturated carbocycles. The minimum absolute atomic E-state index is 0.119. The van der Waals surface area contributed by atoms with Gasteiger partial charge in [-0.05, 0) is 50.1 Å². The number of aromatic nitrogens is 1. The number of nitrogens with zero attached hydrogens (tertiary/aromatic N) is 2. The van der Waals surface area contributed by atoms with Crippen LogP contribution in [0, 0.1) is 0 Å². The number of oxazole rings is 1. The first-order chi connectivity index (χ1) is 14.3. The molecule has 1 saturated heterocycles. The Labute approximate surface area is 174 Å². The number of benzene rings is 2. The Morgan fingerprint density at radius 3 is 2.77 bits per heavy atom. The molecular formula is C21H23N3O5S. The summed E-state index contributed by atoms with van der Waals surface area (Å²) in [6, 6.07) is 13.4. The van der Waals surface area contributed by atoms with Crippen molar-refractivity contribution >= 4 is 32.7 Å². The number of amides is 1. The zero-order valence-corrected chi connectivity index (χ0v) is 17.4. The van der Waals surface area contributed by atoms with E-state index in [9.17, 15) is 18.0 Å². The number of hydrogen-bond donors (Lipinski definition) is 1. The highest BCUT2D eigenvalue weighted by atomic mass is 32.2. The second-order valence-corrected chi connectivity index (χ2v) is 9.48. The van der Waals surface area contributed by atoms with Crippen molar-refractivity contribution in [1.82, 2.24) is 9.88 Å². The van der Waals surface area contributed by atoms with Crippen LogP contribution in [0.25, 0.3) is 11.1 Å². The molecule has 4 rings (SSSR count). The lowest BCUT2D eigenvalue weighted by atomic mass is 10.1. The summed E-state index contributed by atoms with van der Waals surface area (Å²) >= 11 is 0. The maximum Gasteiger partial charge on any atom is 0.420 e. The van der Waals surface area contributed by atoms with Gasteiger partial charge in [-0.3, -0.25) is 13.7 Å². The normalized spacial score (nSPS) is 17.0. The number of hydrogen-bond acceptors (Lipinski definition) is 5. The van der Waals surface area contributed by atoms with Gasteiger partial charge in [-0.15, -0.1) is 0 Å². The highest BCUT2D eigenvalue weighted by Crippen LogP contribution is 2.24. The molecular weight excluding hydrogens is 406 g/mol. The third-order valence-electron chi connectivity index (χ3n) is 5.15. The molecule has 158 valence electrons. The van der Waals surface area contributed by atoms with E-state index >= 15 is 0 Å². The molecule has 0 spiro atoms. The van der Waals surface area contributed by atoms with Crippen molar-refractivity contribution in [3.8, 4) is 0 Å². The fourth-order valence-corrected chi connectivity index (χ4v) is 5.33. The Kier molecular flexibility index (Phi) is 5.38. The van der Waals surface area contributed by atoms with Crippen LogP contribution in [0.1, 0.15) is 30.1 Å². The molecule has 0 radical (unpaired) electrons. The van der Waals surface area contributed by atoms with Crippen molar-refractivity contribution in [2.75, 3.05) is 16.6 Å². The maximum absolute atomic E-state index is 12.7. The van der Waals surface area contributed by atoms with E-state index in [1.807, 2.05) is 6.07 Å². The highest BCUT2D eigenvalue weighted by molar-refractivity contribution is 7.92. The molecule has 1 fully saturated rings. The number of carbonyl (C=O) groups is 1. The Hall–Kier alpha value is -3.07. The lowest BCUT2D eigenvalue weighted by Crippen LogP contribution is -2.39. The molecule has 8 nitrogen and oxygen atoms in total. The Balaban J connectivity index is 1.50. The second-order valence-electron chi connectivity index (χ2n) is 7.47. The Bertz CT molecular complexity index is 1240. The molecule has 2 heterocycles. The molecule has 1 aromatic heterocycles. The largest absolute Gasteiger partial charge is 0.420 e. The SMILES string of the molecule is C[C@@H](Cn1c(=O)oc2ccccc21)NC(=O)c1cccc(N2CCCCS2(=O)=O)c1. The maximum atomic E-state index is 12.7. The lowest BCUT2D eigenvalue weighted by Gasteiger charge is -2.28. The van der Waals surface area contributed by atoms with Crippen molar-refractivity contribution in [3.63, 3.8) is 0 Å². The fourth-order valence-electron chi connectivity index (χ4n) is 3.69. The van der Waals surface area contributed by atoms with Gasteiger partial charge in [0.05, 0.1) is 17.0 Å². The third kappa shape index (κ3) is 3.97. The number of sulfonamides is 1. The number of para-hydroxylation sites is 2. The van der Waals surface area contributed by atoms with Gasteiger partial charge in [-0.1, -0.05) is 18.2 Å². The third-order valence-corrected chi connectivity index (χ3v) is 7.02. The molecule has 2 aromatic carbocycles. The molecule has 1 N–H and O–H groups in total. The summed E-state index contributed by atoms with van der Waals surface area (Å²) in [5.41, 5.74) is 2.02. The van der Waals surface area contributed by atoms with Crippen LogP contribution in [0.4, 0.5) is 5.69 Å². The number of anilines is 1. The molecule has 3 aromatic rings. The summed E-state index contributed by atoms with van der Waals surface area (Å²) < 4.78 is 32.8. The lowest BCUT2D eigenvalue weighted by molar-refractivity contribution is 0.0936. The quantitative estimate of drug-likeness (QED) is 0.671. The molecule has 30 heavy (non-hydrogen) atoms. The zero-order valence-electron chi connectivity index (χ0n) is 16.6. The van der Waals surface area contributed by atoms with Crippen molar-refractivity contribution in [1.29, 1.82) is 0 Å². The number of carbonyl (C=O) groups excluding carboxylic acids is 1. The van der Waals surface area contributed by atoms with Crippen LogP contribution in [-0.4, -0.2) is 37.2 Å².